The lowest BCUT2D eigenvalue weighted by Gasteiger charge is -2.15. The zero-order chi connectivity index (χ0) is 16.4. The standard InChI is InChI=1S/C19H24N2OS/c1-4-21-12-15(9-13(2)19(21)22)17-10-16(23-3)7-8-18(17)20-11-14-5-6-14/h7-10,12,14,20H,4-6,11H2,1-3H3. The predicted octanol–water partition coefficient (Wildman–Crippen LogP) is 4.39. The maximum Gasteiger partial charge on any atom is 0.253 e. The molecule has 122 valence electrons. The summed E-state index contributed by atoms with van der Waals surface area (Å²) in [6.07, 6.45) is 6.75. The molecule has 1 aliphatic carbocycles. The maximum atomic E-state index is 12.2. The van der Waals surface area contributed by atoms with Crippen molar-refractivity contribution in [2.75, 3.05) is 18.1 Å². The highest BCUT2D eigenvalue weighted by Crippen LogP contribution is 2.34. The van der Waals surface area contributed by atoms with E-state index in [4.69, 9.17) is 0 Å². The third-order valence-corrected chi connectivity index (χ3v) is 5.15. The van der Waals surface area contributed by atoms with Gasteiger partial charge in [-0.05, 0) is 63.1 Å². The minimum absolute atomic E-state index is 0.102. The third-order valence-electron chi connectivity index (χ3n) is 4.42. The van der Waals surface area contributed by atoms with Crippen molar-refractivity contribution in [2.24, 2.45) is 5.92 Å². The summed E-state index contributed by atoms with van der Waals surface area (Å²) < 4.78 is 1.79. The van der Waals surface area contributed by atoms with Crippen molar-refractivity contribution in [3.8, 4) is 11.1 Å². The quantitative estimate of drug-likeness (QED) is 0.799. The van der Waals surface area contributed by atoms with Crippen molar-refractivity contribution in [2.45, 2.75) is 38.1 Å². The summed E-state index contributed by atoms with van der Waals surface area (Å²) in [7, 11) is 0. The van der Waals surface area contributed by atoms with Crippen LogP contribution in [0.2, 0.25) is 0 Å². The van der Waals surface area contributed by atoms with Crippen molar-refractivity contribution in [3.63, 3.8) is 0 Å². The monoisotopic (exact) mass is 328 g/mol. The van der Waals surface area contributed by atoms with Gasteiger partial charge in [0.05, 0.1) is 0 Å². The summed E-state index contributed by atoms with van der Waals surface area (Å²) in [5.74, 6) is 0.828. The second kappa shape index (κ2) is 6.83. The molecule has 0 saturated heterocycles. The Kier molecular flexibility index (Phi) is 4.81. The van der Waals surface area contributed by atoms with Crippen LogP contribution in [0.4, 0.5) is 5.69 Å². The zero-order valence-corrected chi connectivity index (χ0v) is 14.9. The van der Waals surface area contributed by atoms with Gasteiger partial charge >= 0.3 is 0 Å². The second-order valence-electron chi connectivity index (χ2n) is 6.24. The van der Waals surface area contributed by atoms with Gasteiger partial charge in [0, 0.05) is 46.6 Å². The summed E-state index contributed by atoms with van der Waals surface area (Å²) >= 11 is 1.74. The summed E-state index contributed by atoms with van der Waals surface area (Å²) in [4.78, 5) is 13.4. The molecule has 1 saturated carbocycles. The molecule has 4 heteroatoms. The molecule has 0 atom stereocenters. The molecular formula is C19H24N2OS. The molecule has 0 unspecified atom stereocenters. The Bertz CT molecular complexity index is 762. The largest absolute Gasteiger partial charge is 0.384 e. The number of benzene rings is 1. The van der Waals surface area contributed by atoms with Gasteiger partial charge in [0.25, 0.3) is 5.56 Å². The first-order valence-electron chi connectivity index (χ1n) is 8.25. The van der Waals surface area contributed by atoms with E-state index in [0.717, 1.165) is 29.3 Å². The van der Waals surface area contributed by atoms with Gasteiger partial charge in [-0.2, -0.15) is 0 Å². The smallest absolute Gasteiger partial charge is 0.253 e. The number of nitrogens with zero attached hydrogens (tertiary/aromatic N) is 1. The van der Waals surface area contributed by atoms with Gasteiger partial charge in [0.15, 0.2) is 0 Å². The fraction of sp³-hybridized carbons (Fsp3) is 0.421. The molecule has 3 rings (SSSR count). The lowest BCUT2D eigenvalue weighted by atomic mass is 10.0. The van der Waals surface area contributed by atoms with Gasteiger partial charge in [0.1, 0.15) is 0 Å². The van der Waals surface area contributed by atoms with Crippen molar-refractivity contribution in [3.05, 3.63) is 46.4 Å². The highest BCUT2D eigenvalue weighted by atomic mass is 32.2. The van der Waals surface area contributed by atoms with Crippen LogP contribution in [0.25, 0.3) is 11.1 Å². The molecule has 1 aromatic carbocycles. The topological polar surface area (TPSA) is 34.0 Å². The molecule has 2 aromatic rings. The molecule has 0 radical (unpaired) electrons. The number of aromatic nitrogens is 1. The second-order valence-corrected chi connectivity index (χ2v) is 7.12. The maximum absolute atomic E-state index is 12.2. The number of anilines is 1. The average Bonchev–Trinajstić information content (AvgIpc) is 3.39. The molecule has 0 aliphatic heterocycles. The number of hydrogen-bond acceptors (Lipinski definition) is 3. The van der Waals surface area contributed by atoms with Crippen molar-refractivity contribution in [1.29, 1.82) is 0 Å². The van der Waals surface area contributed by atoms with Gasteiger partial charge in [-0.25, -0.2) is 0 Å². The minimum Gasteiger partial charge on any atom is -0.384 e. The molecule has 1 N–H and O–H groups in total. The Labute approximate surface area is 142 Å². The van der Waals surface area contributed by atoms with Crippen molar-refractivity contribution >= 4 is 17.4 Å². The predicted molar refractivity (Wildman–Crippen MR) is 99.5 cm³/mol. The van der Waals surface area contributed by atoms with Crippen molar-refractivity contribution < 1.29 is 0 Å². The van der Waals surface area contributed by atoms with Crippen LogP contribution in [0.15, 0.2) is 40.2 Å². The summed E-state index contributed by atoms with van der Waals surface area (Å²) in [6.45, 7) is 5.64. The summed E-state index contributed by atoms with van der Waals surface area (Å²) in [6, 6.07) is 8.56. The zero-order valence-electron chi connectivity index (χ0n) is 14.1. The fourth-order valence-corrected chi connectivity index (χ4v) is 3.23. The lowest BCUT2D eigenvalue weighted by Crippen LogP contribution is -2.21. The van der Waals surface area contributed by atoms with Crippen LogP contribution in [0.1, 0.15) is 25.3 Å². The lowest BCUT2D eigenvalue weighted by molar-refractivity contribution is 0.722. The molecule has 1 aromatic heterocycles. The summed E-state index contributed by atoms with van der Waals surface area (Å²) in [5, 5.41) is 3.60. The van der Waals surface area contributed by atoms with Crippen LogP contribution < -0.4 is 10.9 Å². The molecule has 23 heavy (non-hydrogen) atoms. The molecule has 1 fully saturated rings. The van der Waals surface area contributed by atoms with Gasteiger partial charge in [-0.3, -0.25) is 4.79 Å². The Morgan fingerprint density at radius 2 is 2.09 bits per heavy atom. The van der Waals surface area contributed by atoms with Crippen LogP contribution in [-0.2, 0) is 6.54 Å². The Balaban J connectivity index is 2.05. The Morgan fingerprint density at radius 3 is 2.74 bits per heavy atom. The fourth-order valence-electron chi connectivity index (χ4n) is 2.79. The number of nitrogens with one attached hydrogen (secondary N) is 1. The van der Waals surface area contributed by atoms with Gasteiger partial charge in [-0.1, -0.05) is 0 Å². The van der Waals surface area contributed by atoms with E-state index in [9.17, 15) is 4.79 Å². The van der Waals surface area contributed by atoms with Crippen LogP contribution >= 0.6 is 11.8 Å². The Hall–Kier alpha value is -1.68. The van der Waals surface area contributed by atoms with E-state index in [1.807, 2.05) is 26.1 Å². The minimum atomic E-state index is 0.102. The number of hydrogen-bond donors (Lipinski definition) is 1. The van der Waals surface area contributed by atoms with Crippen LogP contribution in [-0.4, -0.2) is 17.4 Å². The van der Waals surface area contributed by atoms with E-state index in [0.29, 0.717) is 6.54 Å². The van der Waals surface area contributed by atoms with E-state index in [-0.39, 0.29) is 5.56 Å². The van der Waals surface area contributed by atoms with Gasteiger partial charge in [-0.15, -0.1) is 11.8 Å². The van der Waals surface area contributed by atoms with E-state index in [1.54, 1.807) is 16.3 Å². The molecule has 0 bridgehead atoms. The average molecular weight is 328 g/mol. The van der Waals surface area contributed by atoms with Crippen molar-refractivity contribution in [1.82, 2.24) is 4.57 Å². The highest BCUT2D eigenvalue weighted by Gasteiger charge is 2.21. The van der Waals surface area contributed by atoms with E-state index in [2.05, 4.69) is 29.8 Å². The van der Waals surface area contributed by atoms with Crippen LogP contribution in [0.3, 0.4) is 0 Å². The third kappa shape index (κ3) is 3.63. The van der Waals surface area contributed by atoms with E-state index < -0.39 is 0 Å². The van der Waals surface area contributed by atoms with Gasteiger partial charge < -0.3 is 9.88 Å². The first-order chi connectivity index (χ1) is 11.1. The summed E-state index contributed by atoms with van der Waals surface area (Å²) in [5.41, 5.74) is 4.35. The highest BCUT2D eigenvalue weighted by molar-refractivity contribution is 7.98. The number of pyridine rings is 1. The first kappa shape index (κ1) is 16.2. The SMILES string of the molecule is CCn1cc(-c2cc(SC)ccc2NCC2CC2)cc(C)c1=O. The Morgan fingerprint density at radius 1 is 1.30 bits per heavy atom. The molecule has 3 nitrogen and oxygen atoms in total. The van der Waals surface area contributed by atoms with E-state index in [1.165, 1.54) is 23.3 Å². The normalized spacial score (nSPS) is 14.0. The molecular weight excluding hydrogens is 304 g/mol. The number of rotatable bonds is 6. The molecule has 1 aliphatic rings. The number of thioether (sulfide) groups is 1. The van der Waals surface area contributed by atoms with Gasteiger partial charge in [0.2, 0.25) is 0 Å². The van der Waals surface area contributed by atoms with Crippen LogP contribution in [0.5, 0.6) is 0 Å². The molecule has 0 amide bonds. The first-order valence-corrected chi connectivity index (χ1v) is 9.48. The molecule has 0 spiro atoms. The molecule has 1 heterocycles. The van der Waals surface area contributed by atoms with E-state index >= 15 is 0 Å². The van der Waals surface area contributed by atoms with Crippen LogP contribution in [0, 0.1) is 12.8 Å². The number of aryl methyl sites for hydroxylation is 2.